The van der Waals surface area contributed by atoms with E-state index in [2.05, 4.69) is 33.1 Å². The van der Waals surface area contributed by atoms with Gasteiger partial charge in [0.1, 0.15) is 17.3 Å². The molecule has 1 aliphatic rings. The third kappa shape index (κ3) is 9.98. The number of rotatable bonds is 14. The third-order valence-corrected chi connectivity index (χ3v) is 8.13. The first-order valence-corrected chi connectivity index (χ1v) is 15.9. The molecule has 1 aliphatic heterocycles. The first-order valence-electron chi connectivity index (χ1n) is 15.9. The predicted molar refractivity (Wildman–Crippen MR) is 176 cm³/mol. The van der Waals surface area contributed by atoms with Crippen molar-refractivity contribution in [3.05, 3.63) is 78.1 Å². The number of urea groups is 1. The molecule has 4 rings (SSSR count). The maximum absolute atomic E-state index is 14.6. The number of anilines is 3. The molecule has 0 aromatic heterocycles. The van der Waals surface area contributed by atoms with E-state index >= 15 is 0 Å². The molecule has 0 spiro atoms. The fourth-order valence-electron chi connectivity index (χ4n) is 5.24. The Morgan fingerprint density at radius 1 is 0.886 bits per heavy atom. The highest BCUT2D eigenvalue weighted by atomic mass is 19.1. The lowest BCUT2D eigenvalue weighted by molar-refractivity contribution is 0.102. The molecule has 0 atom stereocenters. The second-order valence-corrected chi connectivity index (χ2v) is 11.4. The second-order valence-electron chi connectivity index (χ2n) is 11.4. The Hall–Kier alpha value is -4.11. The first-order chi connectivity index (χ1) is 21.4. The van der Waals surface area contributed by atoms with E-state index in [0.29, 0.717) is 22.9 Å². The number of benzene rings is 3. The normalized spacial score (nSPS) is 13.8. The fraction of sp³-hybridized carbons (Fsp3) is 0.429. The molecule has 3 aromatic rings. The van der Waals surface area contributed by atoms with Gasteiger partial charge in [-0.05, 0) is 118 Å². The Morgan fingerprint density at radius 2 is 1.55 bits per heavy atom. The molecule has 4 N–H and O–H groups in total. The van der Waals surface area contributed by atoms with E-state index in [0.717, 1.165) is 25.1 Å². The van der Waals surface area contributed by atoms with Gasteiger partial charge in [0, 0.05) is 35.6 Å². The lowest BCUT2D eigenvalue weighted by Crippen LogP contribution is -2.37. The summed E-state index contributed by atoms with van der Waals surface area (Å²) in [4.78, 5) is 27.5. The quantitative estimate of drug-likeness (QED) is 0.149. The van der Waals surface area contributed by atoms with Crippen molar-refractivity contribution >= 4 is 29.0 Å². The number of carbonyl (C=O) groups excluding carboxylic acids is 2. The Bertz CT molecular complexity index is 1340. The van der Waals surface area contributed by atoms with Crippen molar-refractivity contribution in [3.63, 3.8) is 0 Å². The summed E-state index contributed by atoms with van der Waals surface area (Å²) in [6, 6.07) is 18.3. The van der Waals surface area contributed by atoms with Gasteiger partial charge < -0.3 is 30.9 Å². The number of hydrogen-bond donors (Lipinski definition) is 4. The molecule has 0 bridgehead atoms. The number of likely N-dealkylation sites (tertiary alicyclic amines) is 1. The molecular weight excluding hydrogens is 557 g/mol. The lowest BCUT2D eigenvalue weighted by atomic mass is 9.96. The van der Waals surface area contributed by atoms with Gasteiger partial charge in [0.25, 0.3) is 5.91 Å². The molecule has 3 aromatic carbocycles. The van der Waals surface area contributed by atoms with Crippen molar-refractivity contribution in [2.45, 2.75) is 65.3 Å². The number of hydrogen-bond acceptors (Lipinski definition) is 5. The Labute approximate surface area is 260 Å². The Balaban J connectivity index is 1.22. The Morgan fingerprint density at radius 3 is 2.18 bits per heavy atom. The van der Waals surface area contributed by atoms with E-state index in [9.17, 15) is 14.0 Å². The highest BCUT2D eigenvalue weighted by molar-refractivity contribution is 6.04. The standard InChI is InChI=1S/C35H46FN5O3/c1-4-7-20-41-21-18-25(19-22-41)24-37-28-10-8-26(9-11-28)34(42)38-29-12-14-30(15-13-29)44-31-16-17-33(32(36)23-31)40-35(43)39-27(5-2)6-3/h8-17,23,25,27,37H,4-7,18-22,24H2,1-3H3,(H,38,42)(H2,39,40,43). The molecule has 0 unspecified atom stereocenters. The zero-order valence-electron chi connectivity index (χ0n) is 26.1. The number of nitrogens with zero attached hydrogens (tertiary/aromatic N) is 1. The summed E-state index contributed by atoms with van der Waals surface area (Å²) in [7, 11) is 0. The minimum Gasteiger partial charge on any atom is -0.457 e. The van der Waals surface area contributed by atoms with Crippen molar-refractivity contribution in [3.8, 4) is 11.5 Å². The molecule has 236 valence electrons. The van der Waals surface area contributed by atoms with E-state index in [1.807, 2.05) is 38.1 Å². The highest BCUT2D eigenvalue weighted by Crippen LogP contribution is 2.27. The average Bonchev–Trinajstić information content (AvgIpc) is 3.04. The number of amides is 3. The monoisotopic (exact) mass is 603 g/mol. The number of nitrogens with one attached hydrogen (secondary N) is 4. The molecule has 9 heteroatoms. The van der Waals surface area contributed by atoms with Crippen LogP contribution in [-0.2, 0) is 0 Å². The molecule has 1 heterocycles. The van der Waals surface area contributed by atoms with Crippen LogP contribution in [0.3, 0.4) is 0 Å². The molecule has 0 aliphatic carbocycles. The zero-order chi connectivity index (χ0) is 31.3. The summed E-state index contributed by atoms with van der Waals surface area (Å²) < 4.78 is 20.4. The summed E-state index contributed by atoms with van der Waals surface area (Å²) in [6.07, 6.45) is 6.57. The van der Waals surface area contributed by atoms with Crippen LogP contribution in [-0.4, -0.2) is 49.1 Å². The van der Waals surface area contributed by atoms with Crippen molar-refractivity contribution < 1.29 is 18.7 Å². The van der Waals surface area contributed by atoms with Gasteiger partial charge in [-0.3, -0.25) is 4.79 Å². The first kappa shape index (κ1) is 32.8. The Kier molecular flexibility index (Phi) is 12.4. The van der Waals surface area contributed by atoms with Crippen LogP contribution in [0.2, 0.25) is 0 Å². The van der Waals surface area contributed by atoms with Crippen molar-refractivity contribution in [1.82, 2.24) is 10.2 Å². The van der Waals surface area contributed by atoms with Crippen molar-refractivity contribution in [1.29, 1.82) is 0 Å². The van der Waals surface area contributed by atoms with E-state index < -0.39 is 11.8 Å². The van der Waals surface area contributed by atoms with E-state index in [1.165, 1.54) is 57.5 Å². The van der Waals surface area contributed by atoms with Gasteiger partial charge in [0.05, 0.1) is 5.69 Å². The van der Waals surface area contributed by atoms with Crippen LogP contribution >= 0.6 is 0 Å². The minimum absolute atomic E-state index is 0.0366. The van der Waals surface area contributed by atoms with Crippen LogP contribution in [0.1, 0.15) is 69.7 Å². The van der Waals surface area contributed by atoms with Gasteiger partial charge >= 0.3 is 6.03 Å². The van der Waals surface area contributed by atoms with Crippen LogP contribution in [0.4, 0.5) is 26.2 Å². The molecular formula is C35H46FN5O3. The second kappa shape index (κ2) is 16.7. The number of piperidine rings is 1. The molecule has 44 heavy (non-hydrogen) atoms. The summed E-state index contributed by atoms with van der Waals surface area (Å²) in [5.74, 6) is 0.641. The van der Waals surface area contributed by atoms with E-state index in [-0.39, 0.29) is 23.4 Å². The predicted octanol–water partition coefficient (Wildman–Crippen LogP) is 8.10. The summed E-state index contributed by atoms with van der Waals surface area (Å²) in [5, 5.41) is 11.8. The largest absolute Gasteiger partial charge is 0.457 e. The maximum atomic E-state index is 14.6. The zero-order valence-corrected chi connectivity index (χ0v) is 26.1. The van der Waals surface area contributed by atoms with Gasteiger partial charge in [-0.2, -0.15) is 0 Å². The SMILES string of the molecule is CCCCN1CCC(CNc2ccc(C(=O)Nc3ccc(Oc4ccc(NC(=O)NC(CC)CC)c(F)c4)cc3)cc2)CC1. The number of unbranched alkanes of at least 4 members (excludes halogenated alkanes) is 1. The van der Waals surface area contributed by atoms with E-state index in [1.54, 1.807) is 30.3 Å². The highest BCUT2D eigenvalue weighted by Gasteiger charge is 2.18. The van der Waals surface area contributed by atoms with Crippen LogP contribution in [0.25, 0.3) is 0 Å². The van der Waals surface area contributed by atoms with Gasteiger partial charge in [-0.1, -0.05) is 27.2 Å². The van der Waals surface area contributed by atoms with Gasteiger partial charge in [-0.15, -0.1) is 0 Å². The van der Waals surface area contributed by atoms with Crippen LogP contribution < -0.4 is 26.0 Å². The lowest BCUT2D eigenvalue weighted by Gasteiger charge is -2.32. The number of halogens is 1. The van der Waals surface area contributed by atoms with Crippen LogP contribution in [0, 0.1) is 11.7 Å². The maximum Gasteiger partial charge on any atom is 0.319 e. The third-order valence-electron chi connectivity index (χ3n) is 8.13. The molecule has 0 saturated carbocycles. The number of ether oxygens (including phenoxy) is 1. The van der Waals surface area contributed by atoms with E-state index in [4.69, 9.17) is 4.74 Å². The average molecular weight is 604 g/mol. The summed E-state index contributed by atoms with van der Waals surface area (Å²) in [5.41, 5.74) is 2.27. The fourth-order valence-corrected chi connectivity index (χ4v) is 5.24. The minimum atomic E-state index is -0.601. The van der Waals surface area contributed by atoms with Crippen molar-refractivity contribution in [2.75, 3.05) is 42.1 Å². The van der Waals surface area contributed by atoms with Crippen LogP contribution in [0.5, 0.6) is 11.5 Å². The summed E-state index contributed by atoms with van der Waals surface area (Å²) in [6.45, 7) is 10.7. The van der Waals surface area contributed by atoms with Gasteiger partial charge in [0.2, 0.25) is 0 Å². The van der Waals surface area contributed by atoms with Gasteiger partial charge in [0.15, 0.2) is 0 Å². The van der Waals surface area contributed by atoms with Crippen molar-refractivity contribution in [2.24, 2.45) is 5.92 Å². The molecule has 0 radical (unpaired) electrons. The molecule has 1 fully saturated rings. The topological polar surface area (TPSA) is 94.7 Å². The molecule has 3 amide bonds. The van der Waals surface area contributed by atoms with Crippen LogP contribution in [0.15, 0.2) is 66.7 Å². The smallest absolute Gasteiger partial charge is 0.319 e. The number of carbonyl (C=O) groups is 2. The molecule has 8 nitrogen and oxygen atoms in total. The molecule has 1 saturated heterocycles. The van der Waals surface area contributed by atoms with Gasteiger partial charge in [-0.25, -0.2) is 9.18 Å². The summed E-state index contributed by atoms with van der Waals surface area (Å²) >= 11 is 0.